The Kier molecular flexibility index (Phi) is 3.76. The number of carbonyl (C=O) groups is 1. The number of methoxy groups -OCH3 is 1. The van der Waals surface area contributed by atoms with Crippen LogP contribution in [-0.2, 0) is 11.3 Å². The first-order valence-corrected chi connectivity index (χ1v) is 7.31. The van der Waals surface area contributed by atoms with Crippen LogP contribution in [0.15, 0.2) is 24.3 Å². The third-order valence-corrected chi connectivity index (χ3v) is 4.63. The molecule has 4 heteroatoms. The van der Waals surface area contributed by atoms with Crippen LogP contribution in [0.2, 0.25) is 0 Å². The molecule has 2 fully saturated rings. The Morgan fingerprint density at radius 1 is 1.35 bits per heavy atom. The fourth-order valence-electron chi connectivity index (χ4n) is 3.43. The van der Waals surface area contributed by atoms with E-state index < -0.39 is 0 Å². The number of hydrogen-bond donors (Lipinski definition) is 1. The van der Waals surface area contributed by atoms with Crippen LogP contribution < -0.4 is 5.32 Å². The van der Waals surface area contributed by atoms with Crippen LogP contribution in [0.25, 0.3) is 0 Å². The lowest BCUT2D eigenvalue weighted by Crippen LogP contribution is -2.28. The van der Waals surface area contributed by atoms with E-state index in [1.165, 1.54) is 51.7 Å². The molecule has 2 aliphatic heterocycles. The molecule has 1 N–H and O–H groups in total. The standard InChI is InChI=1S/C16H22N2O2/c1-20-15(19)14-4-2-13(3-5-14)10-18-9-7-16(12-18)6-8-17-11-16/h2-5,17H,6-12H2,1H3. The molecule has 1 aromatic rings. The average Bonchev–Trinajstić information content (AvgIpc) is 3.09. The van der Waals surface area contributed by atoms with Crippen LogP contribution in [-0.4, -0.2) is 44.2 Å². The number of esters is 1. The molecule has 1 unspecified atom stereocenters. The second-order valence-electron chi connectivity index (χ2n) is 6.08. The highest BCUT2D eigenvalue weighted by Gasteiger charge is 2.39. The van der Waals surface area contributed by atoms with Crippen molar-refractivity contribution < 1.29 is 9.53 Å². The lowest BCUT2D eigenvalue weighted by atomic mass is 9.86. The SMILES string of the molecule is COC(=O)c1ccc(CN2CCC3(CCNC3)C2)cc1. The van der Waals surface area contributed by atoms with E-state index in [4.69, 9.17) is 4.74 Å². The van der Waals surface area contributed by atoms with Gasteiger partial charge in [-0.2, -0.15) is 0 Å². The Morgan fingerprint density at radius 3 is 2.80 bits per heavy atom. The zero-order valence-corrected chi connectivity index (χ0v) is 12.0. The van der Waals surface area contributed by atoms with Crippen LogP contribution in [0.4, 0.5) is 0 Å². The molecule has 0 amide bonds. The van der Waals surface area contributed by atoms with Gasteiger partial charge in [0.25, 0.3) is 0 Å². The number of nitrogens with one attached hydrogen (secondary N) is 1. The highest BCUT2D eigenvalue weighted by molar-refractivity contribution is 5.89. The largest absolute Gasteiger partial charge is 0.465 e. The molecule has 1 aromatic carbocycles. The van der Waals surface area contributed by atoms with E-state index in [1.807, 2.05) is 24.3 Å². The zero-order chi connectivity index (χ0) is 14.0. The van der Waals surface area contributed by atoms with Crippen molar-refractivity contribution in [1.82, 2.24) is 10.2 Å². The Balaban J connectivity index is 1.60. The second kappa shape index (κ2) is 5.54. The molecular formula is C16H22N2O2. The van der Waals surface area contributed by atoms with Crippen molar-refractivity contribution in [1.29, 1.82) is 0 Å². The van der Waals surface area contributed by atoms with Gasteiger partial charge < -0.3 is 10.1 Å². The number of likely N-dealkylation sites (tertiary alicyclic amines) is 1. The highest BCUT2D eigenvalue weighted by atomic mass is 16.5. The van der Waals surface area contributed by atoms with Gasteiger partial charge in [-0.3, -0.25) is 4.90 Å². The van der Waals surface area contributed by atoms with Crippen LogP contribution in [0.1, 0.15) is 28.8 Å². The normalized spacial score (nSPS) is 26.2. The minimum Gasteiger partial charge on any atom is -0.465 e. The van der Waals surface area contributed by atoms with Gasteiger partial charge in [-0.05, 0) is 49.0 Å². The van der Waals surface area contributed by atoms with Gasteiger partial charge in [0.05, 0.1) is 12.7 Å². The number of rotatable bonds is 3. The molecule has 108 valence electrons. The third kappa shape index (κ3) is 2.72. The lowest BCUT2D eigenvalue weighted by molar-refractivity contribution is 0.0600. The number of nitrogens with zero attached hydrogens (tertiary/aromatic N) is 1. The summed E-state index contributed by atoms with van der Waals surface area (Å²) in [5.41, 5.74) is 2.40. The van der Waals surface area contributed by atoms with Crippen molar-refractivity contribution in [2.24, 2.45) is 5.41 Å². The van der Waals surface area contributed by atoms with E-state index in [9.17, 15) is 4.79 Å². The Morgan fingerprint density at radius 2 is 2.15 bits per heavy atom. The van der Waals surface area contributed by atoms with Crippen molar-refractivity contribution >= 4 is 5.97 Å². The molecule has 0 aliphatic carbocycles. The number of carbonyl (C=O) groups excluding carboxylic acids is 1. The Labute approximate surface area is 120 Å². The van der Waals surface area contributed by atoms with Crippen molar-refractivity contribution in [3.8, 4) is 0 Å². The monoisotopic (exact) mass is 274 g/mol. The smallest absolute Gasteiger partial charge is 0.337 e. The number of ether oxygens (including phenoxy) is 1. The van der Waals surface area contributed by atoms with Gasteiger partial charge in [0.1, 0.15) is 0 Å². The average molecular weight is 274 g/mol. The van der Waals surface area contributed by atoms with Crippen molar-refractivity contribution in [3.05, 3.63) is 35.4 Å². The van der Waals surface area contributed by atoms with E-state index >= 15 is 0 Å². The molecule has 0 aromatic heterocycles. The van der Waals surface area contributed by atoms with Crippen LogP contribution >= 0.6 is 0 Å². The van der Waals surface area contributed by atoms with E-state index in [0.717, 1.165) is 6.54 Å². The predicted molar refractivity (Wildman–Crippen MR) is 77.6 cm³/mol. The van der Waals surface area contributed by atoms with Crippen molar-refractivity contribution in [2.45, 2.75) is 19.4 Å². The first-order chi connectivity index (χ1) is 9.71. The molecule has 3 rings (SSSR count). The summed E-state index contributed by atoms with van der Waals surface area (Å²) in [5.74, 6) is -0.270. The first-order valence-electron chi connectivity index (χ1n) is 7.31. The maximum atomic E-state index is 11.4. The number of hydrogen-bond acceptors (Lipinski definition) is 4. The Bertz CT molecular complexity index is 478. The zero-order valence-electron chi connectivity index (χ0n) is 12.0. The molecule has 4 nitrogen and oxygen atoms in total. The van der Waals surface area contributed by atoms with Crippen LogP contribution in [0.3, 0.4) is 0 Å². The minimum absolute atomic E-state index is 0.270. The summed E-state index contributed by atoms with van der Waals surface area (Å²) in [6.07, 6.45) is 2.62. The van der Waals surface area contributed by atoms with Gasteiger partial charge in [0.15, 0.2) is 0 Å². The fraction of sp³-hybridized carbons (Fsp3) is 0.562. The molecule has 2 heterocycles. The first kappa shape index (κ1) is 13.6. The molecule has 2 aliphatic rings. The van der Waals surface area contributed by atoms with Gasteiger partial charge in [-0.25, -0.2) is 4.79 Å². The summed E-state index contributed by atoms with van der Waals surface area (Å²) in [4.78, 5) is 13.9. The fourth-order valence-corrected chi connectivity index (χ4v) is 3.43. The lowest BCUT2D eigenvalue weighted by Gasteiger charge is -2.22. The van der Waals surface area contributed by atoms with Gasteiger partial charge in [-0.1, -0.05) is 12.1 Å². The van der Waals surface area contributed by atoms with Crippen molar-refractivity contribution in [3.63, 3.8) is 0 Å². The molecule has 0 bridgehead atoms. The van der Waals surface area contributed by atoms with Gasteiger partial charge in [-0.15, -0.1) is 0 Å². The maximum Gasteiger partial charge on any atom is 0.337 e. The summed E-state index contributed by atoms with van der Waals surface area (Å²) in [5, 5.41) is 3.49. The second-order valence-corrected chi connectivity index (χ2v) is 6.08. The molecule has 0 saturated carbocycles. The molecule has 1 spiro atoms. The molecule has 2 saturated heterocycles. The topological polar surface area (TPSA) is 41.6 Å². The molecule has 0 radical (unpaired) electrons. The molecule has 1 atom stereocenters. The van der Waals surface area contributed by atoms with Crippen LogP contribution in [0.5, 0.6) is 0 Å². The predicted octanol–water partition coefficient (Wildman–Crippen LogP) is 1.66. The van der Waals surface area contributed by atoms with E-state index in [1.54, 1.807) is 0 Å². The van der Waals surface area contributed by atoms with Gasteiger partial charge in [0, 0.05) is 19.6 Å². The quantitative estimate of drug-likeness (QED) is 0.851. The summed E-state index contributed by atoms with van der Waals surface area (Å²) < 4.78 is 4.72. The summed E-state index contributed by atoms with van der Waals surface area (Å²) >= 11 is 0. The highest BCUT2D eigenvalue weighted by Crippen LogP contribution is 2.36. The summed E-state index contributed by atoms with van der Waals surface area (Å²) in [6, 6.07) is 7.77. The minimum atomic E-state index is -0.270. The van der Waals surface area contributed by atoms with E-state index in [0.29, 0.717) is 11.0 Å². The maximum absolute atomic E-state index is 11.4. The summed E-state index contributed by atoms with van der Waals surface area (Å²) in [7, 11) is 1.41. The Hall–Kier alpha value is -1.39. The van der Waals surface area contributed by atoms with E-state index in [2.05, 4.69) is 10.2 Å². The van der Waals surface area contributed by atoms with Crippen molar-refractivity contribution in [2.75, 3.05) is 33.3 Å². The van der Waals surface area contributed by atoms with Gasteiger partial charge in [0.2, 0.25) is 0 Å². The third-order valence-electron chi connectivity index (χ3n) is 4.63. The van der Waals surface area contributed by atoms with Gasteiger partial charge >= 0.3 is 5.97 Å². The van der Waals surface area contributed by atoms with Crippen LogP contribution in [0, 0.1) is 5.41 Å². The summed E-state index contributed by atoms with van der Waals surface area (Å²) in [6.45, 7) is 5.69. The van der Waals surface area contributed by atoms with E-state index in [-0.39, 0.29) is 5.97 Å². The molecule has 20 heavy (non-hydrogen) atoms. The molecular weight excluding hydrogens is 252 g/mol. The number of benzene rings is 1.